The van der Waals surface area contributed by atoms with Crippen molar-refractivity contribution in [3.05, 3.63) is 36.5 Å². The van der Waals surface area contributed by atoms with Gasteiger partial charge in [0, 0.05) is 31.3 Å². The van der Waals surface area contributed by atoms with Crippen LogP contribution in [0.5, 0.6) is 0 Å². The summed E-state index contributed by atoms with van der Waals surface area (Å²) in [7, 11) is 0. The number of fused-ring (bicyclic) bond motifs is 1. The molecule has 102 valence electrons. The summed E-state index contributed by atoms with van der Waals surface area (Å²) in [5, 5.41) is 4.67. The molecule has 0 saturated carbocycles. The van der Waals surface area contributed by atoms with E-state index in [-0.39, 0.29) is 0 Å². The first-order valence-electron chi connectivity index (χ1n) is 6.30. The molecular formula is C13H14N6S. The number of hydrogen-bond donors (Lipinski definition) is 1. The van der Waals surface area contributed by atoms with Crippen LogP contribution < -0.4 is 5.32 Å². The monoisotopic (exact) mass is 286 g/mol. The van der Waals surface area contributed by atoms with Gasteiger partial charge < -0.3 is 9.72 Å². The zero-order chi connectivity index (χ0) is 13.9. The van der Waals surface area contributed by atoms with E-state index < -0.39 is 0 Å². The van der Waals surface area contributed by atoms with E-state index in [9.17, 15) is 0 Å². The van der Waals surface area contributed by atoms with Crippen LogP contribution in [0.3, 0.4) is 0 Å². The Labute approximate surface area is 120 Å². The van der Waals surface area contributed by atoms with Gasteiger partial charge in [-0.25, -0.2) is 19.9 Å². The quantitative estimate of drug-likeness (QED) is 0.743. The second kappa shape index (κ2) is 5.46. The van der Waals surface area contributed by atoms with E-state index in [2.05, 4.69) is 25.3 Å². The molecule has 0 radical (unpaired) electrons. The van der Waals surface area contributed by atoms with Crippen LogP contribution in [0, 0.1) is 6.92 Å². The number of hydrogen-bond acceptors (Lipinski definition) is 6. The highest BCUT2D eigenvalue weighted by atomic mass is 32.2. The second-order valence-electron chi connectivity index (χ2n) is 4.26. The van der Waals surface area contributed by atoms with Gasteiger partial charge in [-0.05, 0) is 31.2 Å². The SMILES string of the molecule is CCNc1cn2ccnc2c(Sc2ncc(C)cn2)n1. The molecule has 1 N–H and O–H groups in total. The smallest absolute Gasteiger partial charge is 0.193 e. The molecule has 3 aromatic heterocycles. The maximum atomic E-state index is 4.57. The first-order chi connectivity index (χ1) is 9.76. The van der Waals surface area contributed by atoms with Crippen molar-refractivity contribution in [2.45, 2.75) is 24.0 Å². The Hall–Kier alpha value is -2.15. The summed E-state index contributed by atoms with van der Waals surface area (Å²) in [5.74, 6) is 0.813. The van der Waals surface area contributed by atoms with Crippen LogP contribution in [0.1, 0.15) is 12.5 Å². The van der Waals surface area contributed by atoms with Crippen LogP contribution in [0.25, 0.3) is 5.65 Å². The molecule has 0 atom stereocenters. The first-order valence-corrected chi connectivity index (χ1v) is 7.12. The Balaban J connectivity index is 2.00. The lowest BCUT2D eigenvalue weighted by Gasteiger charge is -2.07. The van der Waals surface area contributed by atoms with Crippen molar-refractivity contribution in [1.82, 2.24) is 24.3 Å². The molecule has 0 amide bonds. The van der Waals surface area contributed by atoms with Gasteiger partial charge in [0.25, 0.3) is 0 Å². The van der Waals surface area contributed by atoms with E-state index in [0.717, 1.165) is 28.6 Å². The molecule has 0 spiro atoms. The van der Waals surface area contributed by atoms with Crippen LogP contribution >= 0.6 is 11.8 Å². The van der Waals surface area contributed by atoms with E-state index in [4.69, 9.17) is 0 Å². The Morgan fingerprint density at radius 2 is 2.05 bits per heavy atom. The summed E-state index contributed by atoms with van der Waals surface area (Å²) in [6.07, 6.45) is 9.18. The Kier molecular flexibility index (Phi) is 3.51. The van der Waals surface area contributed by atoms with Gasteiger partial charge in [0.05, 0.1) is 6.20 Å². The van der Waals surface area contributed by atoms with Gasteiger partial charge in [0.2, 0.25) is 0 Å². The van der Waals surface area contributed by atoms with Gasteiger partial charge in [-0.1, -0.05) is 0 Å². The standard InChI is InChI=1S/C13H14N6S/c1-3-14-10-8-19-5-4-15-11(19)12(18-10)20-13-16-6-9(2)7-17-13/h4-8,14H,3H2,1-2H3. The predicted molar refractivity (Wildman–Crippen MR) is 78.0 cm³/mol. The molecule has 6 nitrogen and oxygen atoms in total. The fourth-order valence-corrected chi connectivity index (χ4v) is 2.53. The Morgan fingerprint density at radius 3 is 2.80 bits per heavy atom. The van der Waals surface area contributed by atoms with Crippen molar-refractivity contribution in [1.29, 1.82) is 0 Å². The van der Waals surface area contributed by atoms with Crippen molar-refractivity contribution in [2.75, 3.05) is 11.9 Å². The molecule has 0 aromatic carbocycles. The highest BCUT2D eigenvalue weighted by molar-refractivity contribution is 7.99. The third-order valence-corrected chi connectivity index (χ3v) is 3.51. The van der Waals surface area contributed by atoms with Crippen molar-refractivity contribution in [3.8, 4) is 0 Å². The lowest BCUT2D eigenvalue weighted by atomic mass is 10.4. The van der Waals surface area contributed by atoms with Crippen LogP contribution in [0.4, 0.5) is 5.82 Å². The Bertz CT molecular complexity index is 721. The number of rotatable bonds is 4. The number of nitrogens with one attached hydrogen (secondary N) is 1. The normalized spacial score (nSPS) is 10.9. The predicted octanol–water partition coefficient (Wildman–Crippen LogP) is 2.41. The van der Waals surface area contributed by atoms with Crippen molar-refractivity contribution >= 4 is 23.2 Å². The maximum Gasteiger partial charge on any atom is 0.193 e. The molecular weight excluding hydrogens is 272 g/mol. The molecule has 7 heteroatoms. The topological polar surface area (TPSA) is 68.0 Å². The van der Waals surface area contributed by atoms with Crippen molar-refractivity contribution in [2.24, 2.45) is 0 Å². The molecule has 0 unspecified atom stereocenters. The van der Waals surface area contributed by atoms with Crippen LogP contribution in [-0.2, 0) is 0 Å². The summed E-state index contributed by atoms with van der Waals surface area (Å²) < 4.78 is 1.95. The first kappa shape index (κ1) is 12.9. The lowest BCUT2D eigenvalue weighted by Crippen LogP contribution is -2.03. The van der Waals surface area contributed by atoms with Gasteiger partial charge in [0.15, 0.2) is 10.8 Å². The molecule has 0 aliphatic carbocycles. The summed E-state index contributed by atoms with van der Waals surface area (Å²) in [5.41, 5.74) is 1.84. The fourth-order valence-electron chi connectivity index (χ4n) is 1.76. The highest BCUT2D eigenvalue weighted by Gasteiger charge is 2.10. The third-order valence-electron chi connectivity index (χ3n) is 2.65. The molecule has 0 aliphatic heterocycles. The minimum absolute atomic E-state index is 0.668. The number of nitrogens with zero attached hydrogens (tertiary/aromatic N) is 5. The average Bonchev–Trinajstić information content (AvgIpc) is 2.90. The van der Waals surface area contributed by atoms with Gasteiger partial charge in [-0.3, -0.25) is 0 Å². The van der Waals surface area contributed by atoms with Crippen molar-refractivity contribution in [3.63, 3.8) is 0 Å². The Morgan fingerprint density at radius 1 is 1.25 bits per heavy atom. The average molecular weight is 286 g/mol. The number of anilines is 1. The van der Waals surface area contributed by atoms with Gasteiger partial charge >= 0.3 is 0 Å². The zero-order valence-electron chi connectivity index (χ0n) is 11.2. The molecule has 3 aromatic rings. The highest BCUT2D eigenvalue weighted by Crippen LogP contribution is 2.27. The minimum Gasteiger partial charge on any atom is -0.369 e. The molecule has 20 heavy (non-hydrogen) atoms. The van der Waals surface area contributed by atoms with E-state index >= 15 is 0 Å². The summed E-state index contributed by atoms with van der Waals surface area (Å²) in [4.78, 5) is 17.5. The van der Waals surface area contributed by atoms with E-state index in [1.807, 2.05) is 30.6 Å². The number of aryl methyl sites for hydroxylation is 1. The van der Waals surface area contributed by atoms with Crippen LogP contribution in [-0.4, -0.2) is 30.9 Å². The summed E-state index contributed by atoms with van der Waals surface area (Å²) in [6, 6.07) is 0. The third kappa shape index (κ3) is 2.57. The summed E-state index contributed by atoms with van der Waals surface area (Å²) in [6.45, 7) is 4.82. The van der Waals surface area contributed by atoms with E-state index in [1.165, 1.54) is 11.8 Å². The van der Waals surface area contributed by atoms with Gasteiger partial charge in [-0.2, -0.15) is 0 Å². The van der Waals surface area contributed by atoms with Crippen LogP contribution in [0.2, 0.25) is 0 Å². The maximum absolute atomic E-state index is 4.57. The van der Waals surface area contributed by atoms with Crippen LogP contribution in [0.15, 0.2) is 41.2 Å². The largest absolute Gasteiger partial charge is 0.369 e. The van der Waals surface area contributed by atoms with E-state index in [0.29, 0.717) is 5.16 Å². The molecule has 3 rings (SSSR count). The molecule has 0 saturated heterocycles. The molecule has 0 fully saturated rings. The molecule has 0 bridgehead atoms. The summed E-state index contributed by atoms with van der Waals surface area (Å²) >= 11 is 1.41. The van der Waals surface area contributed by atoms with Gasteiger partial charge in [0.1, 0.15) is 10.8 Å². The van der Waals surface area contributed by atoms with E-state index in [1.54, 1.807) is 18.6 Å². The fraction of sp³-hybridized carbons (Fsp3) is 0.231. The van der Waals surface area contributed by atoms with Gasteiger partial charge in [-0.15, -0.1) is 0 Å². The minimum atomic E-state index is 0.668. The second-order valence-corrected chi connectivity index (χ2v) is 5.22. The molecule has 3 heterocycles. The molecule has 0 aliphatic rings. The van der Waals surface area contributed by atoms with Crippen molar-refractivity contribution < 1.29 is 0 Å². The zero-order valence-corrected chi connectivity index (χ0v) is 12.1. The lowest BCUT2D eigenvalue weighted by molar-refractivity contribution is 0.940. The number of imidazole rings is 1. The number of aromatic nitrogens is 5.